The predicted molar refractivity (Wildman–Crippen MR) is 158 cm³/mol. The van der Waals surface area contributed by atoms with Crippen LogP contribution in [-0.2, 0) is 28.5 Å². The number of thiocarbonyl (C=S) groups is 1. The number of ether oxygens (including phenoxy) is 4. The van der Waals surface area contributed by atoms with Crippen molar-refractivity contribution in [1.82, 2.24) is 4.90 Å². The second kappa shape index (κ2) is 13.7. The Morgan fingerprint density at radius 2 is 1.85 bits per heavy atom. The number of nitrogens with one attached hydrogen (secondary N) is 1. The zero-order valence-corrected chi connectivity index (χ0v) is 24.8. The smallest absolute Gasteiger partial charge is 0.338 e. The van der Waals surface area contributed by atoms with Gasteiger partial charge in [0.15, 0.2) is 10.9 Å². The van der Waals surface area contributed by atoms with Gasteiger partial charge in [0.1, 0.15) is 12.1 Å². The van der Waals surface area contributed by atoms with Crippen molar-refractivity contribution in [2.24, 2.45) is 0 Å². The Morgan fingerprint density at radius 3 is 2.49 bits per heavy atom. The number of carbonyl (C=O) groups excluding carboxylic acids is 3. The molecule has 4 rings (SSSR count). The first-order valence-electron chi connectivity index (χ1n) is 13.4. The largest absolute Gasteiger partial charge is 0.462 e. The Morgan fingerprint density at radius 1 is 1.15 bits per heavy atom. The first-order chi connectivity index (χ1) is 19.6. The molecule has 2 fully saturated rings. The predicted octanol–water partition coefficient (Wildman–Crippen LogP) is 4.41. The minimum atomic E-state index is -0.802. The molecule has 10 nitrogen and oxygen atoms in total. The lowest BCUT2D eigenvalue weighted by Gasteiger charge is -2.24. The van der Waals surface area contributed by atoms with Gasteiger partial charge in [-0.2, -0.15) is 0 Å². The van der Waals surface area contributed by atoms with E-state index in [0.29, 0.717) is 59.9 Å². The van der Waals surface area contributed by atoms with Crippen LogP contribution in [0.3, 0.4) is 0 Å². The van der Waals surface area contributed by atoms with Gasteiger partial charge in [-0.25, -0.2) is 4.79 Å². The number of hydrogen-bond acceptors (Lipinski definition) is 8. The summed E-state index contributed by atoms with van der Waals surface area (Å²) in [6, 6.07) is 12.4. The van der Waals surface area contributed by atoms with Crippen LogP contribution in [0.4, 0.5) is 11.4 Å². The van der Waals surface area contributed by atoms with Crippen molar-refractivity contribution in [1.29, 1.82) is 0 Å². The normalized spacial score (nSPS) is 20.0. The van der Waals surface area contributed by atoms with Gasteiger partial charge in [0.2, 0.25) is 5.91 Å². The molecule has 2 saturated heterocycles. The molecule has 0 bridgehead atoms. The number of esters is 1. The number of benzene rings is 2. The van der Waals surface area contributed by atoms with E-state index in [1.807, 2.05) is 13.8 Å². The van der Waals surface area contributed by atoms with Crippen molar-refractivity contribution in [3.05, 3.63) is 59.1 Å². The van der Waals surface area contributed by atoms with E-state index in [1.165, 1.54) is 4.90 Å². The molecule has 2 atom stereocenters. The van der Waals surface area contributed by atoms with Gasteiger partial charge in [-0.05, 0) is 87.9 Å². The molecular weight excluding hydrogens is 570 g/mol. The van der Waals surface area contributed by atoms with Crippen molar-refractivity contribution in [3.63, 3.8) is 0 Å². The quantitative estimate of drug-likeness (QED) is 0.214. The standard InChI is InChI=1S/C29H34ClN3O7S/c1-4-38-27(36)19-6-10-21(11-7-19)31-25(34)16-24-26(35)33(22-12-8-20(30)9-13-22)28(41)32(24)14-5-15-37-17-23-18-39-29(2,3)40-23/h6-13,23-24H,4-5,14-18H2,1-3H3,(H,31,34)/t23-,24+/m0/s1. The van der Waals surface area contributed by atoms with Crippen LogP contribution in [0.2, 0.25) is 5.02 Å². The Kier molecular flexibility index (Phi) is 10.3. The molecule has 0 spiro atoms. The molecule has 1 N–H and O–H groups in total. The van der Waals surface area contributed by atoms with Crippen LogP contribution in [-0.4, -0.2) is 78.7 Å². The molecule has 0 radical (unpaired) electrons. The topological polar surface area (TPSA) is 107 Å². The Labute approximate surface area is 249 Å². The van der Waals surface area contributed by atoms with E-state index in [4.69, 9.17) is 42.8 Å². The van der Waals surface area contributed by atoms with Crippen LogP contribution < -0.4 is 10.2 Å². The lowest BCUT2D eigenvalue weighted by atomic mass is 10.1. The summed E-state index contributed by atoms with van der Waals surface area (Å²) in [4.78, 5) is 41.7. The van der Waals surface area contributed by atoms with Crippen LogP contribution in [0.25, 0.3) is 0 Å². The zero-order valence-electron chi connectivity index (χ0n) is 23.3. The summed E-state index contributed by atoms with van der Waals surface area (Å²) < 4.78 is 22.1. The highest BCUT2D eigenvalue weighted by Gasteiger charge is 2.44. The van der Waals surface area contributed by atoms with Crippen molar-refractivity contribution < 1.29 is 33.3 Å². The lowest BCUT2D eigenvalue weighted by molar-refractivity contribution is -0.145. The summed E-state index contributed by atoms with van der Waals surface area (Å²) in [6.07, 6.45) is 0.320. The number of halogens is 1. The van der Waals surface area contributed by atoms with Gasteiger partial charge in [-0.15, -0.1) is 0 Å². The van der Waals surface area contributed by atoms with Gasteiger partial charge >= 0.3 is 5.97 Å². The van der Waals surface area contributed by atoms with Gasteiger partial charge in [-0.1, -0.05) is 11.6 Å². The molecule has 2 aliphatic heterocycles. The summed E-state index contributed by atoms with van der Waals surface area (Å²) in [5.41, 5.74) is 1.44. The lowest BCUT2D eigenvalue weighted by Crippen LogP contribution is -2.39. The second-order valence-electron chi connectivity index (χ2n) is 10.1. The molecule has 0 saturated carbocycles. The minimum Gasteiger partial charge on any atom is -0.462 e. The number of anilines is 2. The first kappa shape index (κ1) is 30.9. The molecular formula is C29H34ClN3O7S. The summed E-state index contributed by atoms with van der Waals surface area (Å²) in [5, 5.41) is 3.64. The third kappa shape index (κ3) is 8.02. The van der Waals surface area contributed by atoms with E-state index in [2.05, 4.69) is 5.32 Å². The molecule has 12 heteroatoms. The SMILES string of the molecule is CCOC(=O)c1ccc(NC(=O)C[C@@H]2C(=O)N(c3ccc(Cl)cc3)C(=S)N2CCCOC[C@H]2COC(C)(C)O2)cc1. The zero-order chi connectivity index (χ0) is 29.6. The van der Waals surface area contributed by atoms with Crippen molar-refractivity contribution in [3.8, 4) is 0 Å². The molecule has 0 aromatic heterocycles. The highest BCUT2D eigenvalue weighted by Crippen LogP contribution is 2.29. The number of carbonyl (C=O) groups is 3. The third-order valence-corrected chi connectivity index (χ3v) is 7.19. The van der Waals surface area contributed by atoms with Crippen LogP contribution in [0.1, 0.15) is 44.0 Å². The average molecular weight is 604 g/mol. The van der Waals surface area contributed by atoms with Crippen molar-refractivity contribution in [2.75, 3.05) is 43.2 Å². The Balaban J connectivity index is 1.39. The summed E-state index contributed by atoms with van der Waals surface area (Å²) in [5.74, 6) is -1.72. The second-order valence-corrected chi connectivity index (χ2v) is 10.9. The monoisotopic (exact) mass is 603 g/mol. The fraction of sp³-hybridized carbons (Fsp3) is 0.448. The summed E-state index contributed by atoms with van der Waals surface area (Å²) in [7, 11) is 0. The van der Waals surface area contributed by atoms with Gasteiger partial charge in [0.25, 0.3) is 5.91 Å². The fourth-order valence-electron chi connectivity index (χ4n) is 4.60. The number of rotatable bonds is 12. The minimum absolute atomic E-state index is 0.119. The van der Waals surface area contributed by atoms with E-state index in [-0.39, 0.29) is 30.9 Å². The number of amides is 2. The maximum absolute atomic E-state index is 13.6. The molecule has 2 aliphatic rings. The Hall–Kier alpha value is -3.09. The summed E-state index contributed by atoms with van der Waals surface area (Å²) in [6.45, 7) is 7.41. The molecule has 2 aromatic carbocycles. The van der Waals surface area contributed by atoms with E-state index in [0.717, 1.165) is 0 Å². The van der Waals surface area contributed by atoms with Crippen LogP contribution in [0.15, 0.2) is 48.5 Å². The van der Waals surface area contributed by atoms with E-state index < -0.39 is 17.8 Å². The van der Waals surface area contributed by atoms with Crippen molar-refractivity contribution >= 4 is 58.1 Å². The van der Waals surface area contributed by atoms with Gasteiger partial charge in [-0.3, -0.25) is 14.5 Å². The van der Waals surface area contributed by atoms with E-state index >= 15 is 0 Å². The third-order valence-electron chi connectivity index (χ3n) is 6.52. The highest BCUT2D eigenvalue weighted by atomic mass is 35.5. The van der Waals surface area contributed by atoms with E-state index in [9.17, 15) is 14.4 Å². The molecule has 2 amide bonds. The van der Waals surface area contributed by atoms with Crippen LogP contribution in [0.5, 0.6) is 0 Å². The average Bonchev–Trinajstić information content (AvgIpc) is 3.39. The number of hydrogen-bond donors (Lipinski definition) is 1. The van der Waals surface area contributed by atoms with Gasteiger partial charge in [0.05, 0.1) is 37.5 Å². The first-order valence-corrected chi connectivity index (χ1v) is 14.2. The van der Waals surface area contributed by atoms with Crippen molar-refractivity contribution in [2.45, 2.75) is 51.5 Å². The summed E-state index contributed by atoms with van der Waals surface area (Å²) >= 11 is 11.8. The van der Waals surface area contributed by atoms with Gasteiger partial charge < -0.3 is 29.2 Å². The molecule has 2 heterocycles. The van der Waals surface area contributed by atoms with Gasteiger partial charge in [0, 0.05) is 23.9 Å². The molecule has 41 heavy (non-hydrogen) atoms. The molecule has 220 valence electrons. The fourth-order valence-corrected chi connectivity index (χ4v) is 5.14. The van der Waals surface area contributed by atoms with E-state index in [1.54, 1.807) is 60.4 Å². The molecule has 2 aromatic rings. The molecule has 0 unspecified atom stereocenters. The van der Waals surface area contributed by atoms with Crippen LogP contribution >= 0.6 is 23.8 Å². The Bertz CT molecular complexity index is 1260. The molecule has 0 aliphatic carbocycles. The van der Waals surface area contributed by atoms with Crippen LogP contribution in [0, 0.1) is 0 Å². The number of nitrogens with zero attached hydrogens (tertiary/aromatic N) is 2. The maximum atomic E-state index is 13.6. The maximum Gasteiger partial charge on any atom is 0.338 e. The highest BCUT2D eigenvalue weighted by molar-refractivity contribution is 7.80.